The zero-order valence-corrected chi connectivity index (χ0v) is 17.4. The molecule has 0 amide bonds. The Morgan fingerprint density at radius 3 is 2.55 bits per heavy atom. The van der Waals surface area contributed by atoms with Crippen molar-refractivity contribution < 1.29 is 9.53 Å². The smallest absolute Gasteiger partial charge is 0.193 e. The van der Waals surface area contributed by atoms with Crippen LogP contribution < -0.4 is 0 Å². The number of morpholine rings is 1. The lowest BCUT2D eigenvalue weighted by molar-refractivity contribution is 0.00915. The summed E-state index contributed by atoms with van der Waals surface area (Å²) in [6.07, 6.45) is 3.82. The van der Waals surface area contributed by atoms with Gasteiger partial charge in [-0.05, 0) is 37.9 Å². The maximum absolute atomic E-state index is 12.9. The molecule has 0 N–H and O–H groups in total. The predicted molar refractivity (Wildman–Crippen MR) is 116 cm³/mol. The molecule has 0 aliphatic carbocycles. The molecule has 2 atom stereocenters. The van der Waals surface area contributed by atoms with Gasteiger partial charge in [-0.1, -0.05) is 55.0 Å². The van der Waals surface area contributed by atoms with E-state index in [1.807, 2.05) is 42.5 Å². The summed E-state index contributed by atoms with van der Waals surface area (Å²) in [7, 11) is 0. The Morgan fingerprint density at radius 2 is 1.76 bits per heavy atom. The molecule has 2 aliphatic heterocycles. The molecule has 2 aromatic rings. The number of likely N-dealkylation sites (tertiary alicyclic amines) is 1. The number of benzene rings is 2. The summed E-state index contributed by atoms with van der Waals surface area (Å²) in [4.78, 5) is 18.1. The second-order valence-electron chi connectivity index (χ2n) is 8.30. The minimum Gasteiger partial charge on any atom is -0.379 e. The fourth-order valence-electron chi connectivity index (χ4n) is 4.70. The second kappa shape index (κ2) is 9.66. The first-order valence-electron chi connectivity index (χ1n) is 11.0. The maximum atomic E-state index is 12.9. The molecule has 0 aromatic heterocycles. The van der Waals surface area contributed by atoms with Crippen molar-refractivity contribution in [2.75, 3.05) is 39.4 Å². The van der Waals surface area contributed by atoms with Crippen molar-refractivity contribution in [2.24, 2.45) is 0 Å². The molecule has 2 aliphatic rings. The van der Waals surface area contributed by atoms with Crippen molar-refractivity contribution in [1.82, 2.24) is 9.80 Å². The third kappa shape index (κ3) is 4.95. The molecule has 0 bridgehead atoms. The Kier molecular flexibility index (Phi) is 6.75. The molecule has 29 heavy (non-hydrogen) atoms. The fourth-order valence-corrected chi connectivity index (χ4v) is 4.70. The van der Waals surface area contributed by atoms with Gasteiger partial charge in [0.25, 0.3) is 0 Å². The molecule has 2 aromatic carbocycles. The molecule has 4 heteroatoms. The molecule has 154 valence electrons. The minimum absolute atomic E-state index is 0.100. The van der Waals surface area contributed by atoms with Crippen LogP contribution in [-0.4, -0.2) is 61.0 Å². The van der Waals surface area contributed by atoms with E-state index in [0.717, 1.165) is 50.5 Å². The van der Waals surface area contributed by atoms with Crippen LogP contribution in [0.25, 0.3) is 0 Å². The number of carbonyl (C=O) groups excluding carboxylic acids is 1. The summed E-state index contributed by atoms with van der Waals surface area (Å²) < 4.78 is 5.52. The number of nitrogens with zero attached hydrogens (tertiary/aromatic N) is 2. The largest absolute Gasteiger partial charge is 0.379 e. The molecule has 4 nitrogen and oxygen atoms in total. The van der Waals surface area contributed by atoms with Crippen molar-refractivity contribution in [3.63, 3.8) is 0 Å². The number of rotatable bonds is 6. The monoisotopic (exact) mass is 392 g/mol. The van der Waals surface area contributed by atoms with Crippen molar-refractivity contribution in [2.45, 2.75) is 38.3 Å². The van der Waals surface area contributed by atoms with Crippen molar-refractivity contribution in [3.05, 3.63) is 71.3 Å². The van der Waals surface area contributed by atoms with Crippen LogP contribution in [0.5, 0.6) is 0 Å². The van der Waals surface area contributed by atoms with E-state index in [2.05, 4.69) is 28.9 Å². The Labute approximate surface area is 174 Å². The summed E-state index contributed by atoms with van der Waals surface area (Å²) >= 11 is 0. The Bertz CT molecular complexity index is 801. The quantitative estimate of drug-likeness (QED) is 0.691. The number of ketones is 1. The normalized spacial score (nSPS) is 22.3. The van der Waals surface area contributed by atoms with Crippen molar-refractivity contribution >= 4 is 5.78 Å². The first-order chi connectivity index (χ1) is 14.2. The number of hydrogen-bond donors (Lipinski definition) is 0. The van der Waals surface area contributed by atoms with E-state index in [9.17, 15) is 4.79 Å². The van der Waals surface area contributed by atoms with Gasteiger partial charge in [-0.15, -0.1) is 0 Å². The number of ether oxygens (including phenoxy) is 1. The number of carbonyl (C=O) groups is 1. The van der Waals surface area contributed by atoms with Gasteiger partial charge in [0, 0.05) is 42.8 Å². The van der Waals surface area contributed by atoms with Gasteiger partial charge in [-0.3, -0.25) is 14.6 Å². The maximum Gasteiger partial charge on any atom is 0.193 e. The van der Waals surface area contributed by atoms with Gasteiger partial charge in [-0.25, -0.2) is 0 Å². The lowest BCUT2D eigenvalue weighted by Crippen LogP contribution is -2.50. The topological polar surface area (TPSA) is 32.8 Å². The van der Waals surface area contributed by atoms with E-state index < -0.39 is 0 Å². The van der Waals surface area contributed by atoms with Gasteiger partial charge in [0.1, 0.15) is 0 Å². The van der Waals surface area contributed by atoms with Gasteiger partial charge < -0.3 is 4.74 Å². The highest BCUT2D eigenvalue weighted by molar-refractivity contribution is 6.09. The average Bonchev–Trinajstić information content (AvgIpc) is 2.80. The molecule has 2 heterocycles. The summed E-state index contributed by atoms with van der Waals surface area (Å²) in [5, 5.41) is 0. The second-order valence-corrected chi connectivity index (χ2v) is 8.30. The van der Waals surface area contributed by atoms with Crippen molar-refractivity contribution in [1.29, 1.82) is 0 Å². The number of hydrogen-bond acceptors (Lipinski definition) is 4. The highest BCUT2D eigenvalue weighted by Gasteiger charge is 2.29. The molecule has 2 fully saturated rings. The Hall–Kier alpha value is -2.01. The van der Waals surface area contributed by atoms with Crippen LogP contribution >= 0.6 is 0 Å². The van der Waals surface area contributed by atoms with Gasteiger partial charge in [0.15, 0.2) is 5.78 Å². The summed E-state index contributed by atoms with van der Waals surface area (Å²) in [5.74, 6) is 0.100. The molecule has 0 radical (unpaired) electrons. The molecule has 0 saturated carbocycles. The SMILES string of the molecule is CC(c1cccc(C(=O)c2ccccc2)c1)N1CCCCC1CN1CCOCC1. The molecular formula is C25H32N2O2. The van der Waals surface area contributed by atoms with E-state index in [1.165, 1.54) is 24.8 Å². The minimum atomic E-state index is 0.100. The number of piperidine rings is 1. The molecule has 2 saturated heterocycles. The van der Waals surface area contributed by atoms with Gasteiger partial charge in [-0.2, -0.15) is 0 Å². The fraction of sp³-hybridized carbons (Fsp3) is 0.480. The first-order valence-corrected chi connectivity index (χ1v) is 11.0. The van der Waals surface area contributed by atoms with Crippen LogP contribution in [-0.2, 0) is 4.74 Å². The summed E-state index contributed by atoms with van der Waals surface area (Å²) in [5.41, 5.74) is 2.77. The lowest BCUT2D eigenvalue weighted by atomic mass is 9.94. The molecular weight excluding hydrogens is 360 g/mol. The molecule has 2 unspecified atom stereocenters. The van der Waals surface area contributed by atoms with Gasteiger partial charge >= 0.3 is 0 Å². The van der Waals surface area contributed by atoms with E-state index in [1.54, 1.807) is 0 Å². The third-order valence-corrected chi connectivity index (χ3v) is 6.41. The third-order valence-electron chi connectivity index (χ3n) is 6.41. The van der Waals surface area contributed by atoms with Crippen LogP contribution in [0.2, 0.25) is 0 Å². The lowest BCUT2D eigenvalue weighted by Gasteiger charge is -2.43. The van der Waals surface area contributed by atoms with Crippen LogP contribution in [0.4, 0.5) is 0 Å². The summed E-state index contributed by atoms with van der Waals surface area (Å²) in [6, 6.07) is 18.7. The molecule has 4 rings (SSSR count). The first kappa shape index (κ1) is 20.3. The van der Waals surface area contributed by atoms with Crippen molar-refractivity contribution in [3.8, 4) is 0 Å². The van der Waals surface area contributed by atoms with E-state index in [0.29, 0.717) is 12.1 Å². The highest BCUT2D eigenvalue weighted by Crippen LogP contribution is 2.30. The van der Waals surface area contributed by atoms with Crippen LogP contribution in [0, 0.1) is 0 Å². The van der Waals surface area contributed by atoms with E-state index in [4.69, 9.17) is 4.74 Å². The van der Waals surface area contributed by atoms with Crippen LogP contribution in [0.15, 0.2) is 54.6 Å². The van der Waals surface area contributed by atoms with Gasteiger partial charge in [0.2, 0.25) is 0 Å². The average molecular weight is 393 g/mol. The van der Waals surface area contributed by atoms with E-state index in [-0.39, 0.29) is 5.78 Å². The predicted octanol–water partition coefficient (Wildman–Crippen LogP) is 4.17. The van der Waals surface area contributed by atoms with Crippen LogP contribution in [0.3, 0.4) is 0 Å². The standard InChI is InChI=1S/C25H32N2O2/c1-20(27-13-6-5-12-24(27)19-26-14-16-29-17-15-26)22-10-7-11-23(18-22)25(28)21-8-3-2-4-9-21/h2-4,7-11,18,20,24H,5-6,12-17,19H2,1H3. The van der Waals surface area contributed by atoms with Gasteiger partial charge in [0.05, 0.1) is 13.2 Å². The summed E-state index contributed by atoms with van der Waals surface area (Å²) in [6.45, 7) is 8.34. The highest BCUT2D eigenvalue weighted by atomic mass is 16.5. The zero-order chi connectivity index (χ0) is 20.1. The Morgan fingerprint density at radius 1 is 1.00 bits per heavy atom. The van der Waals surface area contributed by atoms with E-state index >= 15 is 0 Å². The Balaban J connectivity index is 1.50. The molecule has 0 spiro atoms. The zero-order valence-electron chi connectivity index (χ0n) is 17.4. The van der Waals surface area contributed by atoms with Crippen LogP contribution in [0.1, 0.15) is 53.7 Å².